The standard InChI is InChI=1S/C46H56N8O12/c1-26(49-38(59)25-64-41-39(50-27(2)56)46(66-35(23-55)40(41)60)65-24-28-11-5-3-6-12-28)44(62)53-34(42(47)61)18-19-36(57)48-20-10-4-7-15-37(58)51-30-16-17-33-29(21-30)22-54-43(52-33)31-13-8-9-14-32(31)45(54)63/h3,5-6,8-9,11-14,16-17,21,26,34-35,39-41,46,55,60H,4,7,10,15,18-20,22-25H2,1-2H3,(H2,47,61)(H,48,57)(H,49,59)(H,50,56)(H,51,58)(H,53,62). The molecule has 7 atom stereocenters. The van der Waals surface area contributed by atoms with Crippen LogP contribution in [0, 0.1) is 0 Å². The van der Waals surface area contributed by atoms with Crippen molar-refractivity contribution in [3.63, 3.8) is 0 Å². The highest BCUT2D eigenvalue weighted by atomic mass is 16.7. The molecule has 0 spiro atoms. The summed E-state index contributed by atoms with van der Waals surface area (Å²) in [6.07, 6.45) is -3.28. The summed E-state index contributed by atoms with van der Waals surface area (Å²) in [5.74, 6) is -2.96. The molecule has 0 aliphatic carbocycles. The second-order valence-corrected chi connectivity index (χ2v) is 16.2. The molecule has 1 saturated heterocycles. The molecule has 20 nitrogen and oxygen atoms in total. The number of rotatable bonds is 22. The molecule has 0 bridgehead atoms. The number of amidine groups is 1. The second kappa shape index (κ2) is 23.0. The minimum absolute atomic E-state index is 0.0647. The molecule has 3 heterocycles. The van der Waals surface area contributed by atoms with Crippen LogP contribution >= 0.6 is 0 Å². The molecule has 0 saturated carbocycles. The summed E-state index contributed by atoms with van der Waals surface area (Å²) in [7, 11) is 0. The van der Waals surface area contributed by atoms with Crippen LogP contribution in [0.5, 0.6) is 0 Å². The topological polar surface area (TPSA) is 289 Å². The first-order chi connectivity index (χ1) is 31.7. The van der Waals surface area contributed by atoms with E-state index in [-0.39, 0.29) is 43.6 Å². The number of carbonyl (C=O) groups excluding carboxylic acids is 7. The van der Waals surface area contributed by atoms with Gasteiger partial charge in [0.1, 0.15) is 48.9 Å². The fourth-order valence-corrected chi connectivity index (χ4v) is 7.76. The molecule has 6 rings (SSSR count). The molecule has 7 unspecified atom stereocenters. The average molecular weight is 913 g/mol. The number of fused-ring (bicyclic) bond motifs is 4. The van der Waals surface area contributed by atoms with Crippen molar-refractivity contribution in [2.45, 2.75) is 108 Å². The zero-order valence-electron chi connectivity index (χ0n) is 36.7. The largest absolute Gasteiger partial charge is 0.394 e. The monoisotopic (exact) mass is 912 g/mol. The Morgan fingerprint density at radius 2 is 1.65 bits per heavy atom. The van der Waals surface area contributed by atoms with Gasteiger partial charge in [0.05, 0.1) is 31.0 Å². The summed E-state index contributed by atoms with van der Waals surface area (Å²) in [5.41, 5.74) is 9.90. The third-order valence-electron chi connectivity index (χ3n) is 11.2. The number of amides is 7. The maximum absolute atomic E-state index is 13.0. The predicted octanol–water partition coefficient (Wildman–Crippen LogP) is 0.789. The molecule has 3 aliphatic heterocycles. The van der Waals surface area contributed by atoms with Gasteiger partial charge >= 0.3 is 0 Å². The van der Waals surface area contributed by atoms with E-state index in [2.05, 4.69) is 26.6 Å². The lowest BCUT2D eigenvalue weighted by atomic mass is 9.96. The Bertz CT molecular complexity index is 2290. The van der Waals surface area contributed by atoms with Crippen molar-refractivity contribution in [3.8, 4) is 0 Å². The van der Waals surface area contributed by atoms with Gasteiger partial charge in [-0.1, -0.05) is 55.0 Å². The van der Waals surface area contributed by atoms with Gasteiger partial charge in [-0.3, -0.25) is 38.5 Å². The van der Waals surface area contributed by atoms with Crippen molar-refractivity contribution in [2.24, 2.45) is 10.7 Å². The lowest BCUT2D eigenvalue weighted by Gasteiger charge is -2.44. The van der Waals surface area contributed by atoms with Crippen LogP contribution in [0.25, 0.3) is 0 Å². The van der Waals surface area contributed by atoms with Crippen LogP contribution in [-0.4, -0.2) is 125 Å². The number of nitrogens with one attached hydrogen (secondary N) is 5. The van der Waals surface area contributed by atoms with Crippen LogP contribution in [0.3, 0.4) is 0 Å². The van der Waals surface area contributed by atoms with Crippen molar-refractivity contribution >= 4 is 58.6 Å². The van der Waals surface area contributed by atoms with E-state index in [1.807, 2.05) is 60.7 Å². The fraction of sp³-hybridized carbons (Fsp3) is 0.435. The molecular weight excluding hydrogens is 857 g/mol. The second-order valence-electron chi connectivity index (χ2n) is 16.2. The van der Waals surface area contributed by atoms with Gasteiger partial charge in [-0.2, -0.15) is 0 Å². The quantitative estimate of drug-likeness (QED) is 0.0650. The van der Waals surface area contributed by atoms with Gasteiger partial charge in [0.25, 0.3) is 5.91 Å². The number of aliphatic hydroxyl groups is 2. The van der Waals surface area contributed by atoms with E-state index in [4.69, 9.17) is 24.9 Å². The van der Waals surface area contributed by atoms with Gasteiger partial charge in [-0.05, 0) is 61.6 Å². The first-order valence-electron chi connectivity index (χ1n) is 21.8. The number of ether oxygens (including phenoxy) is 3. The SMILES string of the molecule is CC(=O)NC1C(OCc2ccccc2)OC(CO)C(O)C1OCC(=O)NC(C)C(=O)NC(CCC(=O)NCCCCCC(=O)Nc1ccc2c(c1)CN1C(=O)c3ccccc3C1=N2)C(N)=O. The van der Waals surface area contributed by atoms with Gasteiger partial charge in [0.2, 0.25) is 35.4 Å². The summed E-state index contributed by atoms with van der Waals surface area (Å²) in [5, 5.41) is 34.0. The number of aliphatic hydroxyl groups excluding tert-OH is 2. The lowest BCUT2D eigenvalue weighted by molar-refractivity contribution is -0.279. The molecule has 3 aromatic rings. The Balaban J connectivity index is 0.867. The first kappa shape index (κ1) is 48.9. The van der Waals surface area contributed by atoms with Crippen LogP contribution in [0.4, 0.5) is 11.4 Å². The van der Waals surface area contributed by atoms with Gasteiger partial charge in [0, 0.05) is 37.6 Å². The van der Waals surface area contributed by atoms with Crippen molar-refractivity contribution in [3.05, 3.63) is 95.1 Å². The number of hydrogen-bond donors (Lipinski definition) is 8. The number of benzene rings is 3. The predicted molar refractivity (Wildman–Crippen MR) is 237 cm³/mol. The average Bonchev–Trinajstić information content (AvgIpc) is 3.57. The Labute approximate surface area is 381 Å². The normalized spacial score (nSPS) is 20.4. The summed E-state index contributed by atoms with van der Waals surface area (Å²) >= 11 is 0. The summed E-state index contributed by atoms with van der Waals surface area (Å²) < 4.78 is 17.4. The third kappa shape index (κ3) is 12.8. The maximum atomic E-state index is 13.0. The van der Waals surface area contributed by atoms with E-state index in [0.29, 0.717) is 49.4 Å². The van der Waals surface area contributed by atoms with Crippen molar-refractivity contribution in [1.82, 2.24) is 26.2 Å². The highest BCUT2D eigenvalue weighted by Crippen LogP contribution is 2.35. The third-order valence-corrected chi connectivity index (χ3v) is 11.2. The number of aliphatic imine (C=N–C) groups is 1. The van der Waals surface area contributed by atoms with Gasteiger partial charge in [-0.25, -0.2) is 4.99 Å². The van der Waals surface area contributed by atoms with Crippen LogP contribution in [0.2, 0.25) is 0 Å². The highest BCUT2D eigenvalue weighted by molar-refractivity contribution is 6.24. The molecule has 3 aliphatic rings. The van der Waals surface area contributed by atoms with Gasteiger partial charge < -0.3 is 56.7 Å². The molecule has 0 radical (unpaired) electrons. The van der Waals surface area contributed by atoms with E-state index >= 15 is 0 Å². The lowest BCUT2D eigenvalue weighted by Crippen LogP contribution is -2.65. The molecular formula is C46H56N8O12. The van der Waals surface area contributed by atoms with Gasteiger partial charge in [0.15, 0.2) is 6.29 Å². The van der Waals surface area contributed by atoms with E-state index in [0.717, 1.165) is 22.4 Å². The Hall–Kier alpha value is -6.58. The number of hydrogen-bond acceptors (Lipinski definition) is 13. The molecule has 9 N–H and O–H groups in total. The van der Waals surface area contributed by atoms with Crippen molar-refractivity contribution in [2.75, 3.05) is 25.1 Å². The van der Waals surface area contributed by atoms with E-state index in [1.54, 1.807) is 17.0 Å². The Kier molecular flexibility index (Phi) is 17.1. The van der Waals surface area contributed by atoms with Crippen LogP contribution in [0.1, 0.15) is 79.4 Å². The zero-order valence-corrected chi connectivity index (χ0v) is 36.7. The van der Waals surface area contributed by atoms with Gasteiger partial charge in [-0.15, -0.1) is 0 Å². The number of anilines is 1. The minimum atomic E-state index is -1.48. The van der Waals surface area contributed by atoms with E-state index in [1.165, 1.54) is 13.8 Å². The minimum Gasteiger partial charge on any atom is -0.394 e. The summed E-state index contributed by atoms with van der Waals surface area (Å²) in [6.45, 7) is 2.03. The molecule has 3 aromatic carbocycles. The van der Waals surface area contributed by atoms with Crippen LogP contribution < -0.4 is 32.3 Å². The number of nitrogens with zero attached hydrogens (tertiary/aromatic N) is 2. The summed E-state index contributed by atoms with van der Waals surface area (Å²) in [4.78, 5) is 94.7. The highest BCUT2D eigenvalue weighted by Gasteiger charge is 2.47. The fourth-order valence-electron chi connectivity index (χ4n) is 7.76. The van der Waals surface area contributed by atoms with E-state index in [9.17, 15) is 43.8 Å². The maximum Gasteiger partial charge on any atom is 0.260 e. The first-order valence-corrected chi connectivity index (χ1v) is 21.8. The molecule has 7 amide bonds. The Morgan fingerprint density at radius 1 is 0.909 bits per heavy atom. The molecule has 352 valence electrons. The number of unbranched alkanes of at least 4 members (excludes halogenated alkanes) is 2. The van der Waals surface area contributed by atoms with E-state index < -0.39 is 79.6 Å². The number of carbonyl (C=O) groups is 7. The zero-order chi connectivity index (χ0) is 47.3. The van der Waals surface area contributed by atoms with Crippen molar-refractivity contribution < 1.29 is 58.0 Å². The van der Waals surface area contributed by atoms with Crippen LogP contribution in [-0.2, 0) is 56.1 Å². The summed E-state index contributed by atoms with van der Waals surface area (Å²) in [6, 6.07) is 18.4. The smallest absolute Gasteiger partial charge is 0.260 e. The van der Waals surface area contributed by atoms with Crippen molar-refractivity contribution in [1.29, 1.82) is 0 Å². The molecule has 20 heteroatoms. The van der Waals surface area contributed by atoms with Crippen LogP contribution in [0.15, 0.2) is 77.8 Å². The molecule has 66 heavy (non-hydrogen) atoms. The molecule has 0 aromatic heterocycles. The number of nitrogens with two attached hydrogens (primary N) is 1. The Morgan fingerprint density at radius 3 is 2.38 bits per heavy atom. The molecule has 1 fully saturated rings. The number of primary amides is 1.